The Bertz CT molecular complexity index is 480. The Morgan fingerprint density at radius 2 is 2.38 bits per heavy atom. The second-order valence-electron chi connectivity index (χ2n) is 2.39. The molecule has 0 spiro atoms. The van der Waals surface area contributed by atoms with Gasteiger partial charge in [0.05, 0.1) is 15.3 Å². The number of nitrogens with zero attached hydrogens (tertiary/aromatic N) is 3. The van der Waals surface area contributed by atoms with E-state index in [9.17, 15) is 10.1 Å². The maximum Gasteiger partial charge on any atom is 0.273 e. The number of pyridine rings is 1. The fourth-order valence-electron chi connectivity index (χ4n) is 1.09. The quantitative estimate of drug-likeness (QED) is 0.515. The van der Waals surface area contributed by atoms with Crippen molar-refractivity contribution in [1.29, 1.82) is 0 Å². The van der Waals surface area contributed by atoms with E-state index in [1.165, 1.54) is 12.3 Å². The van der Waals surface area contributed by atoms with Gasteiger partial charge in [0.25, 0.3) is 5.69 Å². The maximum absolute atomic E-state index is 10.5. The normalized spacial score (nSPS) is 10.5. The van der Waals surface area contributed by atoms with Crippen LogP contribution < -0.4 is 4.98 Å². The topological polar surface area (TPSA) is 70.1 Å². The number of aromatic nitrogens is 2. The molecule has 6 heteroatoms. The summed E-state index contributed by atoms with van der Waals surface area (Å²) in [6.45, 7) is 0. The van der Waals surface area contributed by atoms with Crippen LogP contribution in [0.1, 0.15) is 0 Å². The van der Waals surface area contributed by atoms with Crippen molar-refractivity contribution < 1.29 is 4.92 Å². The van der Waals surface area contributed by atoms with Crippen LogP contribution in [0.3, 0.4) is 0 Å². The average Bonchev–Trinajstić information content (AvgIpc) is 2.49. The van der Waals surface area contributed by atoms with E-state index in [1.54, 1.807) is 0 Å². The Hall–Kier alpha value is -1.62. The van der Waals surface area contributed by atoms with Crippen molar-refractivity contribution in [3.63, 3.8) is 0 Å². The molecule has 2 aromatic rings. The molecule has 0 saturated heterocycles. The van der Waals surface area contributed by atoms with Crippen molar-refractivity contribution in [3.05, 3.63) is 33.6 Å². The van der Waals surface area contributed by atoms with Crippen LogP contribution in [0.15, 0.2) is 18.5 Å². The number of nitro groups is 1. The second kappa shape index (κ2) is 2.70. The highest BCUT2D eigenvalue weighted by Crippen LogP contribution is 2.29. The molecule has 0 bridgehead atoms. The molecule has 2 aromatic heterocycles. The number of fused-ring (bicyclic) bond motifs is 1. The van der Waals surface area contributed by atoms with Gasteiger partial charge in [0.15, 0.2) is 0 Å². The zero-order valence-corrected chi connectivity index (χ0v) is 7.02. The first kappa shape index (κ1) is 8.00. The molecule has 0 aromatic carbocycles. The third-order valence-corrected chi connectivity index (χ3v) is 1.96. The summed E-state index contributed by atoms with van der Waals surface area (Å²) in [6, 6.07) is 1.50. The van der Waals surface area contributed by atoms with Gasteiger partial charge in [-0.15, -0.1) is 0 Å². The summed E-state index contributed by atoms with van der Waals surface area (Å²) in [7, 11) is 0. The van der Waals surface area contributed by atoms with Gasteiger partial charge in [-0.3, -0.25) is 10.1 Å². The molecule has 0 unspecified atom stereocenters. The molecule has 2 rings (SSSR count). The number of hydrogen-bond acceptors (Lipinski definition) is 3. The molecule has 0 aliphatic rings. The van der Waals surface area contributed by atoms with Crippen molar-refractivity contribution in [2.75, 3.05) is 0 Å². The molecule has 0 N–H and O–H groups in total. The predicted octanol–water partition coefficient (Wildman–Crippen LogP) is 1.75. The first-order valence-corrected chi connectivity index (χ1v) is 3.78. The Labute approximate surface area is 77.5 Å². The Morgan fingerprint density at radius 3 is 3.08 bits per heavy atom. The van der Waals surface area contributed by atoms with Crippen LogP contribution in [0.5, 0.6) is 0 Å². The Balaban J connectivity index is 2.86. The highest BCUT2D eigenvalue weighted by molar-refractivity contribution is 6.36. The molecule has 66 valence electrons. The predicted molar refractivity (Wildman–Crippen MR) is 46.7 cm³/mol. The van der Waals surface area contributed by atoms with Crippen molar-refractivity contribution in [1.82, 2.24) is 9.97 Å². The van der Waals surface area contributed by atoms with Gasteiger partial charge in [-0.1, -0.05) is 17.8 Å². The zero-order valence-electron chi connectivity index (χ0n) is 6.27. The Kier molecular flexibility index (Phi) is 1.66. The van der Waals surface area contributed by atoms with Crippen molar-refractivity contribution >= 4 is 28.3 Å². The second-order valence-corrected chi connectivity index (χ2v) is 2.80. The maximum atomic E-state index is 10.5. The smallest absolute Gasteiger partial charge is 0.273 e. The first-order chi connectivity index (χ1) is 6.20. The number of rotatable bonds is 1. The molecular weight excluding hydrogens is 194 g/mol. The molecular formula is C7H3ClN3O2-. The fraction of sp³-hybridized carbons (Fsp3) is 0. The summed E-state index contributed by atoms with van der Waals surface area (Å²) in [5.74, 6) is 0. The van der Waals surface area contributed by atoms with Crippen molar-refractivity contribution in [3.8, 4) is 0 Å². The lowest BCUT2D eigenvalue weighted by atomic mass is 10.3. The van der Waals surface area contributed by atoms with Gasteiger partial charge in [-0.05, 0) is 11.7 Å². The summed E-state index contributed by atoms with van der Waals surface area (Å²) in [4.78, 5) is 17.6. The van der Waals surface area contributed by atoms with Gasteiger partial charge in [0.2, 0.25) is 0 Å². The van der Waals surface area contributed by atoms with Gasteiger partial charge in [-0.25, -0.2) is 0 Å². The van der Waals surface area contributed by atoms with E-state index >= 15 is 0 Å². The lowest BCUT2D eigenvalue weighted by Gasteiger charge is -1.98. The van der Waals surface area contributed by atoms with Crippen LogP contribution in [0.4, 0.5) is 5.69 Å². The minimum absolute atomic E-state index is 0.104. The van der Waals surface area contributed by atoms with Gasteiger partial charge < -0.3 is 9.97 Å². The summed E-state index contributed by atoms with van der Waals surface area (Å²) in [5, 5.41) is 11.1. The average molecular weight is 197 g/mol. The van der Waals surface area contributed by atoms with Gasteiger partial charge in [-0.2, -0.15) is 0 Å². The fourth-order valence-corrected chi connectivity index (χ4v) is 1.33. The van der Waals surface area contributed by atoms with Gasteiger partial charge >= 0.3 is 0 Å². The van der Waals surface area contributed by atoms with E-state index in [-0.39, 0.29) is 5.69 Å². The zero-order chi connectivity index (χ0) is 9.42. The highest BCUT2D eigenvalue weighted by atomic mass is 35.5. The van der Waals surface area contributed by atoms with E-state index in [1.807, 2.05) is 0 Å². The Morgan fingerprint density at radius 1 is 1.62 bits per heavy atom. The summed E-state index contributed by atoms with van der Waals surface area (Å²) >= 11 is 5.76. The first-order valence-electron chi connectivity index (χ1n) is 3.40. The largest absolute Gasteiger partial charge is 0.442 e. The molecule has 0 radical (unpaired) electrons. The van der Waals surface area contributed by atoms with E-state index in [2.05, 4.69) is 9.97 Å². The van der Waals surface area contributed by atoms with Crippen LogP contribution in [0.25, 0.3) is 11.0 Å². The number of halogens is 1. The monoisotopic (exact) mass is 196 g/mol. The summed E-state index contributed by atoms with van der Waals surface area (Å²) in [6.07, 6.45) is 2.62. The van der Waals surface area contributed by atoms with Gasteiger partial charge in [0.1, 0.15) is 0 Å². The molecule has 0 aliphatic heterocycles. The SMILES string of the molecule is O=[N+]([O-])c1c[n-]c2nccc(Cl)c12. The minimum Gasteiger partial charge on any atom is -0.442 e. The molecule has 0 saturated carbocycles. The third kappa shape index (κ3) is 1.13. The standard InChI is InChI=1S/C7H3ClN3O2/c8-4-1-2-9-7-6(4)5(3-10-7)11(12)13/h1-3H/q-1. The lowest BCUT2D eigenvalue weighted by Crippen LogP contribution is -1.85. The summed E-state index contributed by atoms with van der Waals surface area (Å²) in [5.41, 5.74) is 0.201. The van der Waals surface area contributed by atoms with Crippen LogP contribution in [0.2, 0.25) is 5.02 Å². The van der Waals surface area contributed by atoms with Crippen LogP contribution in [-0.2, 0) is 0 Å². The summed E-state index contributed by atoms with van der Waals surface area (Å²) < 4.78 is 0. The minimum atomic E-state index is -0.525. The molecule has 0 fully saturated rings. The van der Waals surface area contributed by atoms with Gasteiger partial charge in [0, 0.05) is 6.20 Å². The van der Waals surface area contributed by atoms with Crippen LogP contribution >= 0.6 is 11.6 Å². The van der Waals surface area contributed by atoms with E-state index < -0.39 is 4.92 Å². The molecule has 2 heterocycles. The number of hydrogen-bond donors (Lipinski definition) is 0. The molecule has 0 aliphatic carbocycles. The molecule has 0 amide bonds. The van der Waals surface area contributed by atoms with E-state index in [0.717, 1.165) is 6.20 Å². The molecule has 13 heavy (non-hydrogen) atoms. The van der Waals surface area contributed by atoms with E-state index in [0.29, 0.717) is 16.1 Å². The molecule has 5 nitrogen and oxygen atoms in total. The lowest BCUT2D eigenvalue weighted by molar-refractivity contribution is -0.383. The molecule has 0 atom stereocenters. The van der Waals surface area contributed by atoms with E-state index in [4.69, 9.17) is 11.6 Å². The highest BCUT2D eigenvalue weighted by Gasteiger charge is 2.11. The van der Waals surface area contributed by atoms with Crippen LogP contribution in [0, 0.1) is 10.1 Å². The van der Waals surface area contributed by atoms with Crippen molar-refractivity contribution in [2.45, 2.75) is 0 Å². The third-order valence-electron chi connectivity index (χ3n) is 1.64. The van der Waals surface area contributed by atoms with Crippen LogP contribution in [-0.4, -0.2) is 9.91 Å². The van der Waals surface area contributed by atoms with Crippen molar-refractivity contribution in [2.24, 2.45) is 0 Å².